The molecule has 28 heavy (non-hydrogen) atoms. The molecule has 0 amide bonds. The van der Waals surface area contributed by atoms with Gasteiger partial charge >= 0.3 is 0 Å². The van der Waals surface area contributed by atoms with Crippen molar-refractivity contribution in [2.24, 2.45) is 4.99 Å². The fourth-order valence-corrected chi connectivity index (χ4v) is 3.54. The molecule has 2 heterocycles. The number of aliphatic imine (C=N–C) groups is 1. The van der Waals surface area contributed by atoms with Gasteiger partial charge in [-0.1, -0.05) is 28.1 Å². The average molecular weight is 446 g/mol. The third-order valence-electron chi connectivity index (χ3n) is 4.82. The van der Waals surface area contributed by atoms with Crippen molar-refractivity contribution in [1.29, 1.82) is 0 Å². The van der Waals surface area contributed by atoms with Gasteiger partial charge in [0, 0.05) is 76.8 Å². The molecule has 3 rings (SSSR count). The van der Waals surface area contributed by atoms with Crippen LogP contribution in [0, 0.1) is 0 Å². The number of hydrogen-bond acceptors (Lipinski definition) is 5. The van der Waals surface area contributed by atoms with E-state index in [2.05, 4.69) is 82.2 Å². The Kier molecular flexibility index (Phi) is 7.62. The lowest BCUT2D eigenvalue weighted by Crippen LogP contribution is -2.49. The van der Waals surface area contributed by atoms with Gasteiger partial charge in [0.2, 0.25) is 5.95 Å². The summed E-state index contributed by atoms with van der Waals surface area (Å²) in [6.07, 6.45) is 3.60. The number of anilines is 1. The number of benzene rings is 1. The summed E-state index contributed by atoms with van der Waals surface area (Å²) in [6.45, 7) is 6.65. The normalized spacial score (nSPS) is 15.5. The number of guanidine groups is 1. The van der Waals surface area contributed by atoms with Crippen LogP contribution in [0.1, 0.15) is 5.56 Å². The quantitative estimate of drug-likeness (QED) is 0.542. The second-order valence-corrected chi connectivity index (χ2v) is 7.75. The highest BCUT2D eigenvalue weighted by Gasteiger charge is 2.18. The monoisotopic (exact) mass is 445 g/mol. The lowest BCUT2D eigenvalue weighted by atomic mass is 10.2. The first kappa shape index (κ1) is 20.5. The molecule has 7 nitrogen and oxygen atoms in total. The number of hydrogen-bond donors (Lipinski definition) is 1. The van der Waals surface area contributed by atoms with Crippen LogP contribution in [0.25, 0.3) is 0 Å². The highest BCUT2D eigenvalue weighted by molar-refractivity contribution is 9.10. The van der Waals surface area contributed by atoms with E-state index in [1.165, 1.54) is 5.56 Å². The molecule has 0 aliphatic carbocycles. The highest BCUT2D eigenvalue weighted by atomic mass is 79.9. The molecule has 1 aliphatic rings. The van der Waals surface area contributed by atoms with Gasteiger partial charge in [0.1, 0.15) is 0 Å². The Morgan fingerprint density at radius 2 is 1.82 bits per heavy atom. The van der Waals surface area contributed by atoms with Gasteiger partial charge in [-0.25, -0.2) is 9.97 Å². The predicted octanol–water partition coefficient (Wildman–Crippen LogP) is 2.07. The molecule has 1 aromatic heterocycles. The Labute approximate surface area is 175 Å². The van der Waals surface area contributed by atoms with Crippen LogP contribution in [0.3, 0.4) is 0 Å². The lowest BCUT2D eigenvalue weighted by molar-refractivity contribution is 0.259. The Hall–Kier alpha value is -2.19. The molecule has 150 valence electrons. The minimum absolute atomic E-state index is 0.822. The van der Waals surface area contributed by atoms with E-state index in [0.717, 1.165) is 62.2 Å². The van der Waals surface area contributed by atoms with E-state index in [9.17, 15) is 0 Å². The summed E-state index contributed by atoms with van der Waals surface area (Å²) in [6, 6.07) is 10.2. The molecular formula is C20H28BrN7. The van der Waals surface area contributed by atoms with Crippen LogP contribution in [0.4, 0.5) is 5.95 Å². The molecular weight excluding hydrogens is 418 g/mol. The number of halogens is 1. The second kappa shape index (κ2) is 10.4. The molecule has 0 spiro atoms. The van der Waals surface area contributed by atoms with Crippen LogP contribution in [0.15, 0.2) is 52.2 Å². The van der Waals surface area contributed by atoms with Crippen LogP contribution in [-0.2, 0) is 6.54 Å². The van der Waals surface area contributed by atoms with E-state index < -0.39 is 0 Å². The molecule has 2 aromatic rings. The van der Waals surface area contributed by atoms with Crippen molar-refractivity contribution < 1.29 is 0 Å². The van der Waals surface area contributed by atoms with Crippen molar-refractivity contribution in [3.8, 4) is 0 Å². The summed E-state index contributed by atoms with van der Waals surface area (Å²) in [4.78, 5) is 20.0. The van der Waals surface area contributed by atoms with Crippen LogP contribution < -0.4 is 10.2 Å². The van der Waals surface area contributed by atoms with Gasteiger partial charge in [-0.2, -0.15) is 0 Å². The van der Waals surface area contributed by atoms with E-state index in [1.807, 2.05) is 13.1 Å². The van der Waals surface area contributed by atoms with E-state index in [-0.39, 0.29) is 0 Å². The Bertz CT molecular complexity index is 743. The summed E-state index contributed by atoms with van der Waals surface area (Å²) < 4.78 is 1.10. The third-order valence-corrected chi connectivity index (χ3v) is 5.35. The zero-order valence-corrected chi connectivity index (χ0v) is 18.1. The zero-order valence-electron chi connectivity index (χ0n) is 16.6. The van der Waals surface area contributed by atoms with Crippen molar-refractivity contribution in [2.45, 2.75) is 6.54 Å². The second-order valence-electron chi connectivity index (χ2n) is 6.83. The van der Waals surface area contributed by atoms with E-state index in [1.54, 1.807) is 12.4 Å². The van der Waals surface area contributed by atoms with Crippen molar-refractivity contribution in [3.05, 3.63) is 52.8 Å². The predicted molar refractivity (Wildman–Crippen MR) is 118 cm³/mol. The summed E-state index contributed by atoms with van der Waals surface area (Å²) >= 11 is 3.48. The maximum Gasteiger partial charge on any atom is 0.225 e. The Balaban J connectivity index is 1.39. The minimum atomic E-state index is 0.822. The van der Waals surface area contributed by atoms with E-state index >= 15 is 0 Å². The van der Waals surface area contributed by atoms with Gasteiger partial charge in [0.05, 0.1) is 0 Å². The van der Waals surface area contributed by atoms with Crippen LogP contribution in [0.5, 0.6) is 0 Å². The van der Waals surface area contributed by atoms with Crippen LogP contribution >= 0.6 is 15.9 Å². The van der Waals surface area contributed by atoms with Crippen molar-refractivity contribution in [1.82, 2.24) is 25.1 Å². The van der Waals surface area contributed by atoms with Crippen LogP contribution in [0.2, 0.25) is 0 Å². The summed E-state index contributed by atoms with van der Waals surface area (Å²) in [5, 5.41) is 3.48. The molecule has 0 saturated carbocycles. The molecule has 0 radical (unpaired) electrons. The van der Waals surface area contributed by atoms with Gasteiger partial charge in [-0.05, 0) is 23.8 Å². The summed E-state index contributed by atoms with van der Waals surface area (Å²) in [7, 11) is 3.90. The Morgan fingerprint density at radius 3 is 2.46 bits per heavy atom. The molecule has 0 bridgehead atoms. The standard InChI is InChI=1S/C20H28BrN7/c1-22-19(26(2)16-17-4-6-18(21)7-5-17)25-10-11-27-12-14-28(15-13-27)20-23-8-3-9-24-20/h3-9H,10-16H2,1-2H3,(H,22,25). The topological polar surface area (TPSA) is 59.9 Å². The third kappa shape index (κ3) is 5.90. The molecule has 8 heteroatoms. The lowest BCUT2D eigenvalue weighted by Gasteiger charge is -2.34. The van der Waals surface area contributed by atoms with Gasteiger partial charge in [0.15, 0.2) is 5.96 Å². The van der Waals surface area contributed by atoms with Gasteiger partial charge < -0.3 is 15.1 Å². The summed E-state index contributed by atoms with van der Waals surface area (Å²) in [5.74, 6) is 1.74. The molecule has 1 fully saturated rings. The minimum Gasteiger partial charge on any atom is -0.355 e. The number of piperazine rings is 1. The van der Waals surface area contributed by atoms with Gasteiger partial charge in [0.25, 0.3) is 0 Å². The fourth-order valence-electron chi connectivity index (χ4n) is 3.28. The first-order chi connectivity index (χ1) is 13.7. The molecule has 1 N–H and O–H groups in total. The number of aromatic nitrogens is 2. The van der Waals surface area contributed by atoms with Crippen molar-refractivity contribution in [2.75, 3.05) is 58.3 Å². The SMILES string of the molecule is CN=C(NCCN1CCN(c2ncccn2)CC1)N(C)Cc1ccc(Br)cc1. The van der Waals surface area contributed by atoms with Crippen molar-refractivity contribution in [3.63, 3.8) is 0 Å². The largest absolute Gasteiger partial charge is 0.355 e. The number of nitrogens with one attached hydrogen (secondary N) is 1. The van der Waals surface area contributed by atoms with Gasteiger partial charge in [-0.15, -0.1) is 0 Å². The molecule has 1 aliphatic heterocycles. The molecule has 1 aromatic carbocycles. The molecule has 1 saturated heterocycles. The highest BCUT2D eigenvalue weighted by Crippen LogP contribution is 2.12. The van der Waals surface area contributed by atoms with E-state index in [4.69, 9.17) is 0 Å². The summed E-state index contributed by atoms with van der Waals surface area (Å²) in [5.41, 5.74) is 1.26. The first-order valence-corrected chi connectivity index (χ1v) is 10.4. The maximum absolute atomic E-state index is 4.41. The Morgan fingerprint density at radius 1 is 1.14 bits per heavy atom. The van der Waals surface area contributed by atoms with E-state index in [0.29, 0.717) is 0 Å². The fraction of sp³-hybridized carbons (Fsp3) is 0.450. The van der Waals surface area contributed by atoms with Gasteiger partial charge in [-0.3, -0.25) is 9.89 Å². The smallest absolute Gasteiger partial charge is 0.225 e. The maximum atomic E-state index is 4.41. The first-order valence-electron chi connectivity index (χ1n) is 9.56. The number of rotatable bonds is 6. The molecule has 0 unspecified atom stereocenters. The average Bonchev–Trinajstić information content (AvgIpc) is 2.74. The van der Waals surface area contributed by atoms with Crippen LogP contribution in [-0.4, -0.2) is 79.1 Å². The van der Waals surface area contributed by atoms with Crippen molar-refractivity contribution >= 4 is 27.8 Å². The molecule has 0 atom stereocenters. The number of nitrogens with zero attached hydrogens (tertiary/aromatic N) is 6. The zero-order chi connectivity index (χ0) is 19.8.